The molecule has 2 fully saturated rings. The van der Waals surface area contributed by atoms with E-state index < -0.39 is 17.2 Å². The lowest BCUT2D eigenvalue weighted by atomic mass is 9.86. The molecule has 8 heteroatoms. The zero-order chi connectivity index (χ0) is 23.4. The predicted molar refractivity (Wildman–Crippen MR) is 128 cm³/mol. The lowest BCUT2D eigenvalue weighted by molar-refractivity contribution is -0.0223. The molecule has 2 aromatic rings. The van der Waals surface area contributed by atoms with Gasteiger partial charge < -0.3 is 19.7 Å². The molecule has 2 aromatic carbocycles. The van der Waals surface area contributed by atoms with Crippen LogP contribution in [0.3, 0.4) is 0 Å². The summed E-state index contributed by atoms with van der Waals surface area (Å²) >= 11 is 0. The third-order valence-corrected chi connectivity index (χ3v) is 6.61. The summed E-state index contributed by atoms with van der Waals surface area (Å²) in [5, 5.41) is 9.50. The largest absolute Gasteiger partial charge is 0.493 e. The van der Waals surface area contributed by atoms with Gasteiger partial charge in [-0.1, -0.05) is 12.1 Å². The van der Waals surface area contributed by atoms with Gasteiger partial charge in [-0.05, 0) is 36.8 Å². The number of rotatable bonds is 7. The van der Waals surface area contributed by atoms with Crippen LogP contribution in [-0.4, -0.2) is 57.2 Å². The van der Waals surface area contributed by atoms with Crippen molar-refractivity contribution in [3.63, 3.8) is 0 Å². The van der Waals surface area contributed by atoms with Crippen LogP contribution in [0.5, 0.6) is 5.75 Å². The van der Waals surface area contributed by atoms with Crippen molar-refractivity contribution < 1.29 is 18.3 Å². The average molecular weight is 469 g/mol. The minimum atomic E-state index is -0.934. The maximum atomic E-state index is 14.8. The normalized spacial score (nSPS) is 24.6. The highest BCUT2D eigenvalue weighted by Gasteiger charge is 2.45. The summed E-state index contributed by atoms with van der Waals surface area (Å²) < 4.78 is 40.8. The lowest BCUT2D eigenvalue weighted by Gasteiger charge is -2.33. The van der Waals surface area contributed by atoms with Gasteiger partial charge in [0.05, 0.1) is 19.8 Å². The summed E-state index contributed by atoms with van der Waals surface area (Å²) in [6.45, 7) is 5.21. The maximum absolute atomic E-state index is 14.8. The molecule has 0 radical (unpaired) electrons. The molecule has 34 heavy (non-hydrogen) atoms. The summed E-state index contributed by atoms with van der Waals surface area (Å²) in [6, 6.07) is 11.8. The fourth-order valence-corrected chi connectivity index (χ4v) is 4.89. The summed E-state index contributed by atoms with van der Waals surface area (Å²) in [4.78, 5) is 2.36. The summed E-state index contributed by atoms with van der Waals surface area (Å²) in [6.07, 6.45) is 6.97. The second-order valence-corrected chi connectivity index (χ2v) is 9.06. The highest BCUT2D eigenvalue weighted by molar-refractivity contribution is 5.60. The van der Waals surface area contributed by atoms with Crippen molar-refractivity contribution >= 4 is 11.9 Å². The molecule has 0 aromatic heterocycles. The zero-order valence-corrected chi connectivity index (χ0v) is 19.1. The first-order chi connectivity index (χ1) is 16.6. The number of benzene rings is 2. The van der Waals surface area contributed by atoms with E-state index in [1.54, 1.807) is 11.2 Å². The molecule has 6 nitrogen and oxygen atoms in total. The molecule has 3 aliphatic heterocycles. The van der Waals surface area contributed by atoms with Gasteiger partial charge in [0.25, 0.3) is 0 Å². The minimum Gasteiger partial charge on any atom is -0.493 e. The van der Waals surface area contributed by atoms with E-state index in [-0.39, 0.29) is 5.92 Å². The number of hydrogen-bond donors (Lipinski definition) is 1. The molecular formula is C26H30F2N4O2. The van der Waals surface area contributed by atoms with E-state index in [2.05, 4.69) is 27.5 Å². The third kappa shape index (κ3) is 5.08. The van der Waals surface area contributed by atoms with Crippen molar-refractivity contribution in [2.75, 3.05) is 50.8 Å². The first-order valence-corrected chi connectivity index (χ1v) is 11.9. The van der Waals surface area contributed by atoms with Crippen LogP contribution < -0.4 is 15.0 Å². The van der Waals surface area contributed by atoms with E-state index in [0.29, 0.717) is 31.7 Å². The van der Waals surface area contributed by atoms with E-state index in [4.69, 9.17) is 9.47 Å². The highest BCUT2D eigenvalue weighted by atomic mass is 19.1. The number of anilines is 1. The second kappa shape index (κ2) is 10.1. The van der Waals surface area contributed by atoms with Crippen molar-refractivity contribution in [1.82, 2.24) is 10.3 Å². The molecule has 2 saturated heterocycles. The van der Waals surface area contributed by atoms with E-state index in [1.165, 1.54) is 17.8 Å². The lowest BCUT2D eigenvalue weighted by Crippen LogP contribution is -2.43. The van der Waals surface area contributed by atoms with Gasteiger partial charge in [-0.25, -0.2) is 8.78 Å². The molecule has 0 amide bonds. The number of hydrazone groups is 1. The molecule has 1 N–H and O–H groups in total. The Morgan fingerprint density at radius 1 is 1.12 bits per heavy atom. The Morgan fingerprint density at radius 2 is 1.94 bits per heavy atom. The van der Waals surface area contributed by atoms with Crippen molar-refractivity contribution in [3.05, 3.63) is 71.9 Å². The van der Waals surface area contributed by atoms with Gasteiger partial charge in [-0.3, -0.25) is 5.01 Å². The number of allylic oxidation sites excluding steroid dienone is 1. The number of nitrogens with one attached hydrogen (secondary N) is 1. The molecule has 5 rings (SSSR count). The van der Waals surface area contributed by atoms with Gasteiger partial charge in [-0.15, -0.1) is 0 Å². The van der Waals surface area contributed by atoms with Gasteiger partial charge in [0, 0.05) is 68.2 Å². The van der Waals surface area contributed by atoms with Crippen molar-refractivity contribution in [1.29, 1.82) is 0 Å². The van der Waals surface area contributed by atoms with E-state index in [1.807, 2.05) is 24.4 Å². The molecular weight excluding hydrogens is 438 g/mol. The molecule has 0 spiro atoms. The molecule has 0 unspecified atom stereocenters. The average Bonchev–Trinajstić information content (AvgIpc) is 3.27. The van der Waals surface area contributed by atoms with Gasteiger partial charge in [0.15, 0.2) is 0 Å². The first kappa shape index (κ1) is 22.8. The second-order valence-electron chi connectivity index (χ2n) is 9.06. The standard InChI is InChI=1S/C26H30F2N4O2/c27-21-3-8-24(25(28)15-21)26(19-32-12-2-1-9-30-32)16-20(18-34-26)17-33-23-6-4-22(5-7-23)31-13-10-29-11-14-31/h2-9,12,15,20,29H,1,10-11,13-14,16-19H2/t20-,26+/m1/s1. The van der Waals surface area contributed by atoms with Crippen LogP contribution in [0.25, 0.3) is 0 Å². The van der Waals surface area contributed by atoms with Crippen LogP contribution in [0.1, 0.15) is 18.4 Å². The Bertz CT molecular complexity index is 1030. The monoisotopic (exact) mass is 468 g/mol. The van der Waals surface area contributed by atoms with Crippen LogP contribution in [0.2, 0.25) is 0 Å². The smallest absolute Gasteiger partial charge is 0.132 e. The Hall–Kier alpha value is -2.97. The first-order valence-electron chi connectivity index (χ1n) is 11.9. The Labute approximate surface area is 198 Å². The molecule has 180 valence electrons. The molecule has 3 aliphatic rings. The van der Waals surface area contributed by atoms with Crippen LogP contribution in [0, 0.1) is 17.6 Å². The predicted octanol–water partition coefficient (Wildman–Crippen LogP) is 3.89. The molecule has 0 bridgehead atoms. The van der Waals surface area contributed by atoms with Crippen molar-refractivity contribution in [2.24, 2.45) is 11.0 Å². The zero-order valence-electron chi connectivity index (χ0n) is 19.1. The van der Waals surface area contributed by atoms with E-state index in [9.17, 15) is 8.78 Å². The van der Waals surface area contributed by atoms with Gasteiger partial charge in [-0.2, -0.15) is 5.10 Å². The topological polar surface area (TPSA) is 49.3 Å². The third-order valence-electron chi connectivity index (χ3n) is 6.61. The van der Waals surface area contributed by atoms with Crippen molar-refractivity contribution in [2.45, 2.75) is 18.4 Å². The van der Waals surface area contributed by atoms with Gasteiger partial charge >= 0.3 is 0 Å². The van der Waals surface area contributed by atoms with E-state index >= 15 is 0 Å². The fraction of sp³-hybridized carbons (Fsp3) is 0.423. The summed E-state index contributed by atoms with van der Waals surface area (Å²) in [5.41, 5.74) is 0.613. The van der Waals surface area contributed by atoms with E-state index in [0.717, 1.165) is 44.4 Å². The maximum Gasteiger partial charge on any atom is 0.132 e. The highest BCUT2D eigenvalue weighted by Crippen LogP contribution is 2.41. The SMILES string of the molecule is Fc1ccc([C@@]2(CN3C=CCC=N3)C[C@H](COc3ccc(N4CCNCC4)cc3)CO2)c(F)c1. The fourth-order valence-electron chi connectivity index (χ4n) is 4.89. The summed E-state index contributed by atoms with van der Waals surface area (Å²) in [7, 11) is 0. The Morgan fingerprint density at radius 3 is 2.68 bits per heavy atom. The number of hydrogen-bond acceptors (Lipinski definition) is 6. The van der Waals surface area contributed by atoms with Gasteiger partial charge in [0.2, 0.25) is 0 Å². The van der Waals surface area contributed by atoms with Crippen LogP contribution in [0.4, 0.5) is 14.5 Å². The van der Waals surface area contributed by atoms with Crippen LogP contribution in [0.15, 0.2) is 59.8 Å². The number of ether oxygens (including phenoxy) is 2. The molecule has 2 atom stereocenters. The number of nitrogens with zero attached hydrogens (tertiary/aromatic N) is 3. The molecule has 0 saturated carbocycles. The van der Waals surface area contributed by atoms with Crippen LogP contribution in [-0.2, 0) is 10.3 Å². The Kier molecular flexibility index (Phi) is 6.78. The molecule has 0 aliphatic carbocycles. The number of piperazine rings is 1. The Balaban J connectivity index is 1.26. The quantitative estimate of drug-likeness (QED) is 0.668. The van der Waals surface area contributed by atoms with Crippen LogP contribution >= 0.6 is 0 Å². The molecule has 3 heterocycles. The summed E-state index contributed by atoms with van der Waals surface area (Å²) in [5.74, 6) is -0.340. The van der Waals surface area contributed by atoms with Crippen molar-refractivity contribution in [3.8, 4) is 5.75 Å². The minimum absolute atomic E-state index is 0.0649. The van der Waals surface area contributed by atoms with Gasteiger partial charge in [0.1, 0.15) is 23.0 Å². The number of halogens is 2.